The second-order valence-corrected chi connectivity index (χ2v) is 3.43. The van der Waals surface area contributed by atoms with Gasteiger partial charge in [-0.2, -0.15) is 9.97 Å². The third-order valence-corrected chi connectivity index (χ3v) is 2.26. The quantitative estimate of drug-likeness (QED) is 0.793. The molecule has 2 N–H and O–H groups in total. The molecular weight excluding hydrogens is 204 g/mol. The van der Waals surface area contributed by atoms with Gasteiger partial charge in [0, 0.05) is 13.2 Å². The summed E-state index contributed by atoms with van der Waals surface area (Å²) in [5, 5.41) is 0.876. The van der Waals surface area contributed by atoms with Crippen LogP contribution in [0.3, 0.4) is 0 Å². The fraction of sp³-hybridized carbons (Fsp3) is 0.273. The highest BCUT2D eigenvalue weighted by Gasteiger charge is 2.09. The number of nitrogens with two attached hydrogens (primary N) is 1. The molecule has 0 aromatic carbocycles. The summed E-state index contributed by atoms with van der Waals surface area (Å²) in [4.78, 5) is 8.24. The summed E-state index contributed by atoms with van der Waals surface area (Å²) in [6.07, 6.45) is 5.74. The van der Waals surface area contributed by atoms with Crippen LogP contribution >= 0.6 is 0 Å². The van der Waals surface area contributed by atoms with E-state index in [4.69, 9.17) is 10.5 Å². The van der Waals surface area contributed by atoms with Crippen LogP contribution in [0.1, 0.15) is 6.92 Å². The SMILES string of the molecule is C/C=C/COc1nc(N)nc2c1ccn2C. The van der Waals surface area contributed by atoms with Crippen molar-refractivity contribution in [2.45, 2.75) is 6.92 Å². The number of aryl methyl sites for hydroxylation is 1. The number of ether oxygens (including phenoxy) is 1. The normalized spacial score (nSPS) is 11.4. The van der Waals surface area contributed by atoms with E-state index in [9.17, 15) is 0 Å². The van der Waals surface area contributed by atoms with Crippen LogP contribution in [0.25, 0.3) is 11.0 Å². The summed E-state index contributed by atoms with van der Waals surface area (Å²) in [5.74, 6) is 0.756. The Morgan fingerprint density at radius 3 is 3.06 bits per heavy atom. The van der Waals surface area contributed by atoms with Crippen LogP contribution in [0.2, 0.25) is 0 Å². The molecule has 0 atom stereocenters. The van der Waals surface area contributed by atoms with Crippen molar-refractivity contribution in [2.75, 3.05) is 12.3 Å². The third-order valence-electron chi connectivity index (χ3n) is 2.26. The van der Waals surface area contributed by atoms with Gasteiger partial charge < -0.3 is 15.0 Å². The lowest BCUT2D eigenvalue weighted by Crippen LogP contribution is -2.02. The fourth-order valence-corrected chi connectivity index (χ4v) is 1.46. The van der Waals surface area contributed by atoms with Gasteiger partial charge in [0.1, 0.15) is 12.3 Å². The summed E-state index contributed by atoms with van der Waals surface area (Å²) < 4.78 is 7.41. The summed E-state index contributed by atoms with van der Waals surface area (Å²) in [7, 11) is 1.91. The Balaban J connectivity index is 2.43. The van der Waals surface area contributed by atoms with E-state index < -0.39 is 0 Å². The van der Waals surface area contributed by atoms with Crippen molar-refractivity contribution >= 4 is 17.0 Å². The first-order valence-corrected chi connectivity index (χ1v) is 5.05. The summed E-state index contributed by atoms with van der Waals surface area (Å²) >= 11 is 0. The minimum Gasteiger partial charge on any atom is -0.473 e. The van der Waals surface area contributed by atoms with Gasteiger partial charge in [0.25, 0.3) is 0 Å². The highest BCUT2D eigenvalue weighted by molar-refractivity contribution is 5.82. The van der Waals surface area contributed by atoms with Gasteiger partial charge >= 0.3 is 0 Å². The first kappa shape index (κ1) is 10.5. The van der Waals surface area contributed by atoms with Gasteiger partial charge in [-0.25, -0.2) is 0 Å². The summed E-state index contributed by atoms with van der Waals surface area (Å²) in [6, 6.07) is 1.92. The third kappa shape index (κ3) is 1.84. The Morgan fingerprint density at radius 2 is 2.31 bits per heavy atom. The van der Waals surface area contributed by atoms with Crippen LogP contribution in [-0.4, -0.2) is 21.1 Å². The lowest BCUT2D eigenvalue weighted by Gasteiger charge is -2.05. The number of aromatic nitrogens is 3. The molecule has 0 unspecified atom stereocenters. The van der Waals surface area contributed by atoms with Crippen LogP contribution in [0.5, 0.6) is 5.88 Å². The van der Waals surface area contributed by atoms with Gasteiger partial charge in [-0.1, -0.05) is 12.2 Å². The second-order valence-electron chi connectivity index (χ2n) is 3.43. The van der Waals surface area contributed by atoms with Gasteiger partial charge in [0.05, 0.1) is 5.39 Å². The van der Waals surface area contributed by atoms with E-state index in [0.717, 1.165) is 11.0 Å². The van der Waals surface area contributed by atoms with E-state index in [0.29, 0.717) is 12.5 Å². The largest absolute Gasteiger partial charge is 0.473 e. The maximum absolute atomic E-state index is 5.62. The van der Waals surface area contributed by atoms with E-state index in [1.807, 2.05) is 43.0 Å². The lowest BCUT2D eigenvalue weighted by molar-refractivity contribution is 0.353. The van der Waals surface area contributed by atoms with Crippen LogP contribution in [0, 0.1) is 0 Å². The molecule has 2 heterocycles. The maximum atomic E-state index is 5.62. The van der Waals surface area contributed by atoms with Gasteiger partial charge in [0.15, 0.2) is 0 Å². The van der Waals surface area contributed by atoms with Gasteiger partial charge in [0.2, 0.25) is 11.8 Å². The number of nitrogens with zero attached hydrogens (tertiary/aromatic N) is 3. The zero-order valence-electron chi connectivity index (χ0n) is 9.34. The van der Waals surface area contributed by atoms with Crippen LogP contribution in [0.15, 0.2) is 24.4 Å². The van der Waals surface area contributed by atoms with E-state index in [2.05, 4.69) is 9.97 Å². The summed E-state index contributed by atoms with van der Waals surface area (Å²) in [6.45, 7) is 2.42. The first-order chi connectivity index (χ1) is 7.72. The molecule has 0 amide bonds. The van der Waals surface area contributed by atoms with Crippen LogP contribution < -0.4 is 10.5 Å². The number of nitrogen functional groups attached to an aromatic ring is 1. The van der Waals surface area contributed by atoms with Gasteiger partial charge in [-0.3, -0.25) is 0 Å². The Bertz CT molecular complexity index is 530. The zero-order chi connectivity index (χ0) is 11.5. The average Bonchev–Trinajstić information content (AvgIpc) is 2.61. The lowest BCUT2D eigenvalue weighted by atomic mass is 10.4. The molecule has 0 radical (unpaired) electrons. The number of hydrogen-bond acceptors (Lipinski definition) is 4. The number of hydrogen-bond donors (Lipinski definition) is 1. The Hall–Kier alpha value is -2.04. The zero-order valence-corrected chi connectivity index (χ0v) is 9.34. The Kier molecular flexibility index (Phi) is 2.76. The molecule has 2 aromatic heterocycles. The number of anilines is 1. The first-order valence-electron chi connectivity index (χ1n) is 5.05. The van der Waals surface area contributed by atoms with Gasteiger partial charge in [-0.15, -0.1) is 0 Å². The molecule has 0 bridgehead atoms. The molecule has 0 saturated heterocycles. The van der Waals surface area contributed by atoms with Crippen LogP contribution in [-0.2, 0) is 7.05 Å². The number of fused-ring (bicyclic) bond motifs is 1. The molecule has 0 spiro atoms. The maximum Gasteiger partial charge on any atom is 0.228 e. The minimum absolute atomic E-state index is 0.227. The van der Waals surface area contributed by atoms with Crippen molar-refractivity contribution in [2.24, 2.45) is 7.05 Å². The highest BCUT2D eigenvalue weighted by Crippen LogP contribution is 2.23. The standard InChI is InChI=1S/C11H14N4O/c1-3-4-7-16-10-8-5-6-15(2)9(8)13-11(12)14-10/h3-6H,7H2,1-2H3,(H2,12,13,14)/b4-3+. The molecule has 0 aliphatic heterocycles. The molecule has 0 aliphatic rings. The molecule has 2 aromatic rings. The minimum atomic E-state index is 0.227. The van der Waals surface area contributed by atoms with Crippen molar-refractivity contribution in [3.05, 3.63) is 24.4 Å². The van der Waals surface area contributed by atoms with E-state index in [1.54, 1.807) is 0 Å². The van der Waals surface area contributed by atoms with Crippen molar-refractivity contribution < 1.29 is 4.74 Å². The predicted octanol–water partition coefficient (Wildman–Crippen LogP) is 1.51. The number of allylic oxidation sites excluding steroid dienone is 1. The predicted molar refractivity (Wildman–Crippen MR) is 63.2 cm³/mol. The molecule has 16 heavy (non-hydrogen) atoms. The smallest absolute Gasteiger partial charge is 0.228 e. The second kappa shape index (κ2) is 4.22. The Morgan fingerprint density at radius 1 is 1.50 bits per heavy atom. The Labute approximate surface area is 93.6 Å². The van der Waals surface area contributed by atoms with Crippen molar-refractivity contribution in [3.8, 4) is 5.88 Å². The molecular formula is C11H14N4O. The molecule has 0 saturated carbocycles. The van der Waals surface area contributed by atoms with Crippen molar-refractivity contribution in [3.63, 3.8) is 0 Å². The molecule has 5 nitrogen and oxygen atoms in total. The highest BCUT2D eigenvalue weighted by atomic mass is 16.5. The molecule has 5 heteroatoms. The van der Waals surface area contributed by atoms with E-state index >= 15 is 0 Å². The molecule has 2 rings (SSSR count). The van der Waals surface area contributed by atoms with Crippen molar-refractivity contribution in [1.29, 1.82) is 0 Å². The van der Waals surface area contributed by atoms with Gasteiger partial charge in [-0.05, 0) is 13.0 Å². The monoisotopic (exact) mass is 218 g/mol. The number of rotatable bonds is 3. The van der Waals surface area contributed by atoms with E-state index in [-0.39, 0.29) is 5.95 Å². The van der Waals surface area contributed by atoms with Crippen LogP contribution in [0.4, 0.5) is 5.95 Å². The molecule has 0 fully saturated rings. The summed E-state index contributed by atoms with van der Waals surface area (Å²) in [5.41, 5.74) is 6.40. The van der Waals surface area contributed by atoms with Crippen molar-refractivity contribution in [1.82, 2.24) is 14.5 Å². The topological polar surface area (TPSA) is 66.0 Å². The molecule has 84 valence electrons. The average molecular weight is 218 g/mol. The molecule has 0 aliphatic carbocycles. The fourth-order valence-electron chi connectivity index (χ4n) is 1.46. The van der Waals surface area contributed by atoms with E-state index in [1.165, 1.54) is 0 Å².